The van der Waals surface area contributed by atoms with Gasteiger partial charge in [-0.25, -0.2) is 0 Å². The van der Waals surface area contributed by atoms with Gasteiger partial charge in [-0.2, -0.15) is 0 Å². The Kier molecular flexibility index (Phi) is 5.15. The molecular formula is C23H22N2O2. The number of benzene rings is 2. The first kappa shape index (κ1) is 17.3. The number of hydrogen-bond donors (Lipinski definition) is 0. The molecule has 4 nitrogen and oxygen atoms in total. The Balaban J connectivity index is 1.53. The van der Waals surface area contributed by atoms with Gasteiger partial charge in [0.2, 0.25) is 5.91 Å². The molecule has 3 aromatic rings. The number of aromatic nitrogens is 1. The van der Waals surface area contributed by atoms with Gasteiger partial charge >= 0.3 is 0 Å². The second-order valence-electron chi connectivity index (χ2n) is 6.63. The fourth-order valence-corrected chi connectivity index (χ4v) is 3.66. The monoisotopic (exact) mass is 358 g/mol. The molecule has 1 amide bonds. The Morgan fingerprint density at radius 2 is 1.74 bits per heavy atom. The number of pyridine rings is 1. The number of nitrogens with zero attached hydrogens (tertiary/aromatic N) is 2. The molecule has 0 spiro atoms. The van der Waals surface area contributed by atoms with Gasteiger partial charge in [0.05, 0.1) is 19.1 Å². The minimum absolute atomic E-state index is 0.0674. The third-order valence-corrected chi connectivity index (χ3v) is 4.95. The van der Waals surface area contributed by atoms with Gasteiger partial charge in [-0.05, 0) is 47.4 Å². The summed E-state index contributed by atoms with van der Waals surface area (Å²) in [6.45, 7) is 1.10. The Hall–Kier alpha value is -3.14. The molecule has 1 aliphatic heterocycles. The van der Waals surface area contributed by atoms with Crippen LogP contribution in [0.25, 0.3) is 0 Å². The summed E-state index contributed by atoms with van der Waals surface area (Å²) in [5.74, 6) is 0.905. The average molecular weight is 358 g/mol. The topological polar surface area (TPSA) is 42.4 Å². The highest BCUT2D eigenvalue weighted by molar-refractivity contribution is 5.78. The third kappa shape index (κ3) is 3.85. The van der Waals surface area contributed by atoms with E-state index >= 15 is 0 Å². The van der Waals surface area contributed by atoms with Gasteiger partial charge in [0.15, 0.2) is 0 Å². The first-order valence-corrected chi connectivity index (χ1v) is 9.28. The van der Waals surface area contributed by atoms with E-state index in [-0.39, 0.29) is 11.9 Å². The number of carbonyl (C=O) groups is 1. The molecule has 27 heavy (non-hydrogen) atoms. The van der Waals surface area contributed by atoms with Gasteiger partial charge < -0.3 is 9.64 Å². The van der Waals surface area contributed by atoms with Crippen LogP contribution < -0.4 is 4.74 Å². The van der Waals surface area contributed by atoms with Crippen molar-refractivity contribution in [2.75, 3.05) is 13.2 Å². The lowest BCUT2D eigenvalue weighted by molar-refractivity contribution is -0.133. The maximum Gasteiger partial charge on any atom is 0.226 e. The van der Waals surface area contributed by atoms with Crippen molar-refractivity contribution in [3.8, 4) is 5.75 Å². The summed E-state index contributed by atoms with van der Waals surface area (Å²) in [7, 11) is 0. The van der Waals surface area contributed by atoms with E-state index in [1.54, 1.807) is 12.4 Å². The summed E-state index contributed by atoms with van der Waals surface area (Å²) in [6, 6.07) is 21.9. The Labute approximate surface area is 159 Å². The van der Waals surface area contributed by atoms with Crippen molar-refractivity contribution in [3.63, 3.8) is 0 Å². The number of ether oxygens (including phenoxy) is 1. The lowest BCUT2D eigenvalue weighted by Gasteiger charge is -2.37. The van der Waals surface area contributed by atoms with Crippen LogP contribution in [0.1, 0.15) is 29.2 Å². The minimum Gasteiger partial charge on any atom is -0.493 e. The Morgan fingerprint density at radius 3 is 2.56 bits per heavy atom. The van der Waals surface area contributed by atoms with Crippen LogP contribution >= 0.6 is 0 Å². The van der Waals surface area contributed by atoms with E-state index in [1.165, 1.54) is 11.1 Å². The smallest absolute Gasteiger partial charge is 0.226 e. The molecule has 4 rings (SSSR count). The molecule has 2 heterocycles. The van der Waals surface area contributed by atoms with E-state index in [0.29, 0.717) is 19.6 Å². The van der Waals surface area contributed by atoms with Crippen molar-refractivity contribution < 1.29 is 9.53 Å². The summed E-state index contributed by atoms with van der Waals surface area (Å²) in [6.07, 6.45) is 4.81. The van der Waals surface area contributed by atoms with Crippen molar-refractivity contribution in [2.24, 2.45) is 0 Å². The number of carbonyl (C=O) groups excluding carboxylic acids is 1. The van der Waals surface area contributed by atoms with Crippen LogP contribution in [0.4, 0.5) is 0 Å². The van der Waals surface area contributed by atoms with E-state index in [2.05, 4.69) is 23.2 Å². The van der Waals surface area contributed by atoms with Gasteiger partial charge in [-0.3, -0.25) is 9.78 Å². The van der Waals surface area contributed by atoms with Gasteiger partial charge in [-0.1, -0.05) is 42.5 Å². The number of amides is 1. The fraction of sp³-hybridized carbons (Fsp3) is 0.217. The van der Waals surface area contributed by atoms with Crippen LogP contribution in [-0.4, -0.2) is 28.9 Å². The lowest BCUT2D eigenvalue weighted by atomic mass is 9.88. The van der Waals surface area contributed by atoms with Crippen LogP contribution in [-0.2, 0) is 11.2 Å². The highest BCUT2D eigenvalue weighted by Gasteiger charge is 2.31. The van der Waals surface area contributed by atoms with Crippen LogP contribution in [0, 0.1) is 0 Å². The van der Waals surface area contributed by atoms with Crippen LogP contribution in [0.5, 0.6) is 5.75 Å². The molecule has 1 aliphatic rings. The molecular weight excluding hydrogens is 336 g/mol. The van der Waals surface area contributed by atoms with E-state index in [4.69, 9.17) is 4.74 Å². The molecule has 0 fully saturated rings. The number of para-hydroxylation sites is 1. The Morgan fingerprint density at radius 1 is 1.00 bits per heavy atom. The zero-order valence-corrected chi connectivity index (χ0v) is 15.1. The highest BCUT2D eigenvalue weighted by Crippen LogP contribution is 2.35. The zero-order chi connectivity index (χ0) is 18.5. The van der Waals surface area contributed by atoms with Crippen molar-refractivity contribution in [1.29, 1.82) is 0 Å². The predicted octanol–water partition coefficient (Wildman–Crippen LogP) is 4.02. The van der Waals surface area contributed by atoms with E-state index in [1.807, 2.05) is 53.4 Å². The molecule has 0 N–H and O–H groups in total. The molecule has 1 atom stereocenters. The molecule has 0 saturated carbocycles. The quantitative estimate of drug-likeness (QED) is 0.692. The third-order valence-electron chi connectivity index (χ3n) is 4.95. The maximum atomic E-state index is 13.0. The van der Waals surface area contributed by atoms with Crippen LogP contribution in [0.2, 0.25) is 0 Å². The molecule has 0 bridgehead atoms. The van der Waals surface area contributed by atoms with E-state index < -0.39 is 0 Å². The van der Waals surface area contributed by atoms with Crippen LogP contribution in [0.3, 0.4) is 0 Å². The molecule has 2 aromatic carbocycles. The van der Waals surface area contributed by atoms with Gasteiger partial charge in [0.1, 0.15) is 5.75 Å². The van der Waals surface area contributed by atoms with Crippen molar-refractivity contribution in [2.45, 2.75) is 18.9 Å². The number of rotatable bonds is 5. The van der Waals surface area contributed by atoms with E-state index in [9.17, 15) is 4.79 Å². The Bertz CT molecular complexity index is 897. The average Bonchev–Trinajstić information content (AvgIpc) is 2.74. The molecule has 4 heteroatoms. The molecule has 136 valence electrons. The van der Waals surface area contributed by atoms with E-state index in [0.717, 1.165) is 17.7 Å². The summed E-state index contributed by atoms with van der Waals surface area (Å²) in [5, 5.41) is 0. The summed E-state index contributed by atoms with van der Waals surface area (Å²) in [5.41, 5.74) is 3.60. The predicted molar refractivity (Wildman–Crippen MR) is 104 cm³/mol. The summed E-state index contributed by atoms with van der Waals surface area (Å²) in [4.78, 5) is 19.1. The fourth-order valence-electron chi connectivity index (χ4n) is 3.66. The molecule has 0 saturated heterocycles. The summed E-state index contributed by atoms with van der Waals surface area (Å²) < 4.78 is 5.72. The molecule has 0 aliphatic carbocycles. The minimum atomic E-state index is -0.0674. The molecule has 1 aromatic heterocycles. The SMILES string of the molecule is O=C(CCOc1ccccc1)N1CCc2ccccc2C1c1ccncc1. The van der Waals surface area contributed by atoms with Gasteiger partial charge in [0, 0.05) is 18.9 Å². The molecule has 1 unspecified atom stereocenters. The number of fused-ring (bicyclic) bond motifs is 1. The largest absolute Gasteiger partial charge is 0.493 e. The van der Waals surface area contributed by atoms with Crippen molar-refractivity contribution >= 4 is 5.91 Å². The zero-order valence-electron chi connectivity index (χ0n) is 15.1. The second-order valence-corrected chi connectivity index (χ2v) is 6.63. The maximum absolute atomic E-state index is 13.0. The summed E-state index contributed by atoms with van der Waals surface area (Å²) >= 11 is 0. The van der Waals surface area contributed by atoms with Crippen LogP contribution in [0.15, 0.2) is 79.1 Å². The van der Waals surface area contributed by atoms with Crippen molar-refractivity contribution in [1.82, 2.24) is 9.88 Å². The second kappa shape index (κ2) is 8.04. The molecule has 0 radical (unpaired) electrons. The number of hydrogen-bond acceptors (Lipinski definition) is 3. The highest BCUT2D eigenvalue weighted by atomic mass is 16.5. The van der Waals surface area contributed by atoms with Gasteiger partial charge in [-0.15, -0.1) is 0 Å². The van der Waals surface area contributed by atoms with Crippen molar-refractivity contribution in [3.05, 3.63) is 95.8 Å². The standard InChI is InChI=1S/C23H22N2O2/c26-22(13-17-27-20-7-2-1-3-8-20)25-16-12-18-6-4-5-9-21(18)23(25)19-10-14-24-15-11-19/h1-11,14-15,23H,12-13,16-17H2. The lowest BCUT2D eigenvalue weighted by Crippen LogP contribution is -2.41. The normalized spacial score (nSPS) is 15.9. The first-order valence-electron chi connectivity index (χ1n) is 9.28. The first-order chi connectivity index (χ1) is 13.3. The van der Waals surface area contributed by atoms with Gasteiger partial charge in [0.25, 0.3) is 0 Å².